The minimum atomic E-state index is -0.637. The van der Waals surface area contributed by atoms with Crippen molar-refractivity contribution in [2.24, 2.45) is 11.8 Å². The van der Waals surface area contributed by atoms with Gasteiger partial charge >= 0.3 is 0 Å². The van der Waals surface area contributed by atoms with Crippen molar-refractivity contribution in [3.63, 3.8) is 0 Å². The molecular formula is C14H20N2O2. The molecule has 0 bridgehead atoms. The lowest BCUT2D eigenvalue weighted by atomic mass is 9.88. The van der Waals surface area contributed by atoms with Crippen molar-refractivity contribution < 1.29 is 9.90 Å². The lowest BCUT2D eigenvalue weighted by Gasteiger charge is -2.31. The molecule has 4 nitrogen and oxygen atoms in total. The van der Waals surface area contributed by atoms with Crippen molar-refractivity contribution in [3.05, 3.63) is 35.9 Å². The smallest absolute Gasteiger partial charge is 0.223 e. The molecule has 3 N–H and O–H groups in total. The first-order valence-corrected chi connectivity index (χ1v) is 6.40. The van der Waals surface area contributed by atoms with Crippen LogP contribution in [0.2, 0.25) is 0 Å². The second kappa shape index (κ2) is 5.98. The van der Waals surface area contributed by atoms with Gasteiger partial charge in [-0.05, 0) is 24.6 Å². The molecule has 98 valence electrons. The van der Waals surface area contributed by atoms with Crippen molar-refractivity contribution in [2.45, 2.75) is 13.0 Å². The molecule has 0 aliphatic carbocycles. The van der Waals surface area contributed by atoms with Gasteiger partial charge in [-0.3, -0.25) is 4.79 Å². The van der Waals surface area contributed by atoms with Gasteiger partial charge in [0.2, 0.25) is 5.91 Å². The van der Waals surface area contributed by atoms with Gasteiger partial charge < -0.3 is 15.7 Å². The van der Waals surface area contributed by atoms with Crippen molar-refractivity contribution in [2.75, 3.05) is 19.6 Å². The van der Waals surface area contributed by atoms with E-state index in [2.05, 4.69) is 10.6 Å². The summed E-state index contributed by atoms with van der Waals surface area (Å²) in [6.07, 6.45) is -0.637. The van der Waals surface area contributed by atoms with Gasteiger partial charge in [-0.1, -0.05) is 37.3 Å². The van der Waals surface area contributed by atoms with Crippen LogP contribution >= 0.6 is 0 Å². The summed E-state index contributed by atoms with van der Waals surface area (Å²) >= 11 is 0. The van der Waals surface area contributed by atoms with Gasteiger partial charge in [-0.2, -0.15) is 0 Å². The molecular weight excluding hydrogens is 228 g/mol. The minimum absolute atomic E-state index is 0.00854. The van der Waals surface area contributed by atoms with Crippen LogP contribution < -0.4 is 10.6 Å². The summed E-state index contributed by atoms with van der Waals surface area (Å²) in [6.45, 7) is 4.04. The Morgan fingerprint density at radius 1 is 1.44 bits per heavy atom. The van der Waals surface area contributed by atoms with E-state index in [9.17, 15) is 9.90 Å². The molecule has 1 aromatic carbocycles. The number of aliphatic hydroxyl groups excluding tert-OH is 1. The molecule has 18 heavy (non-hydrogen) atoms. The zero-order valence-electron chi connectivity index (χ0n) is 10.6. The van der Waals surface area contributed by atoms with E-state index in [-0.39, 0.29) is 18.4 Å². The topological polar surface area (TPSA) is 61.4 Å². The standard InChI is InChI=1S/C14H20N2O2/c1-10(12-7-15-8-12)14(18)16-9-13(17)11-5-3-2-4-6-11/h2-6,10,12-13,15,17H,7-9H2,1H3,(H,16,18). The normalized spacial score (nSPS) is 18.8. The molecule has 1 saturated heterocycles. The number of hydrogen-bond acceptors (Lipinski definition) is 3. The van der Waals surface area contributed by atoms with Crippen LogP contribution in [0.4, 0.5) is 0 Å². The Morgan fingerprint density at radius 3 is 2.67 bits per heavy atom. The average molecular weight is 248 g/mol. The van der Waals surface area contributed by atoms with Gasteiger partial charge in [0.25, 0.3) is 0 Å². The predicted molar refractivity (Wildman–Crippen MR) is 69.9 cm³/mol. The van der Waals surface area contributed by atoms with Crippen LogP contribution in [-0.2, 0) is 4.79 Å². The van der Waals surface area contributed by atoms with E-state index in [0.29, 0.717) is 5.92 Å². The van der Waals surface area contributed by atoms with Crippen LogP contribution in [-0.4, -0.2) is 30.6 Å². The highest BCUT2D eigenvalue weighted by Crippen LogP contribution is 2.16. The number of nitrogens with one attached hydrogen (secondary N) is 2. The fourth-order valence-corrected chi connectivity index (χ4v) is 2.03. The molecule has 0 saturated carbocycles. The van der Waals surface area contributed by atoms with Gasteiger partial charge in [-0.15, -0.1) is 0 Å². The van der Waals surface area contributed by atoms with Gasteiger partial charge in [0.1, 0.15) is 0 Å². The Morgan fingerprint density at radius 2 is 2.11 bits per heavy atom. The molecule has 2 rings (SSSR count). The third-order valence-corrected chi connectivity index (χ3v) is 3.59. The summed E-state index contributed by atoms with van der Waals surface area (Å²) in [4.78, 5) is 11.9. The van der Waals surface area contributed by atoms with Crippen LogP contribution in [0, 0.1) is 11.8 Å². The summed E-state index contributed by atoms with van der Waals surface area (Å²) in [6, 6.07) is 9.37. The summed E-state index contributed by atoms with van der Waals surface area (Å²) in [5, 5.41) is 15.9. The average Bonchev–Trinajstić information content (AvgIpc) is 2.34. The van der Waals surface area contributed by atoms with Crippen molar-refractivity contribution in [3.8, 4) is 0 Å². The molecule has 0 radical (unpaired) electrons. The van der Waals surface area contributed by atoms with E-state index in [1.165, 1.54) is 0 Å². The van der Waals surface area contributed by atoms with Crippen LogP contribution in [0.3, 0.4) is 0 Å². The molecule has 2 atom stereocenters. The predicted octanol–water partition coefficient (Wildman–Crippen LogP) is 0.692. The number of aliphatic hydroxyl groups is 1. The number of benzene rings is 1. The molecule has 1 aliphatic heterocycles. The fourth-order valence-electron chi connectivity index (χ4n) is 2.03. The van der Waals surface area contributed by atoms with Crippen LogP contribution in [0.1, 0.15) is 18.6 Å². The Labute approximate surface area is 107 Å². The molecule has 2 unspecified atom stereocenters. The summed E-state index contributed by atoms with van der Waals surface area (Å²) in [5.41, 5.74) is 0.829. The first kappa shape index (κ1) is 13.1. The Balaban J connectivity index is 1.78. The largest absolute Gasteiger partial charge is 0.387 e. The second-order valence-electron chi connectivity index (χ2n) is 4.88. The van der Waals surface area contributed by atoms with Crippen LogP contribution in [0.5, 0.6) is 0 Å². The Kier molecular flexibility index (Phi) is 4.33. The van der Waals surface area contributed by atoms with Crippen LogP contribution in [0.25, 0.3) is 0 Å². The minimum Gasteiger partial charge on any atom is -0.387 e. The monoisotopic (exact) mass is 248 g/mol. The number of hydrogen-bond donors (Lipinski definition) is 3. The number of carbonyl (C=O) groups is 1. The lowest BCUT2D eigenvalue weighted by molar-refractivity contribution is -0.127. The maximum atomic E-state index is 11.9. The van der Waals surface area contributed by atoms with Crippen molar-refractivity contribution in [1.29, 1.82) is 0 Å². The Hall–Kier alpha value is -1.39. The van der Waals surface area contributed by atoms with Gasteiger partial charge in [-0.25, -0.2) is 0 Å². The summed E-state index contributed by atoms with van der Waals surface area (Å²) in [5.74, 6) is 0.463. The van der Waals surface area contributed by atoms with E-state index in [1.807, 2.05) is 37.3 Å². The van der Waals surface area contributed by atoms with Crippen molar-refractivity contribution in [1.82, 2.24) is 10.6 Å². The second-order valence-corrected chi connectivity index (χ2v) is 4.88. The first-order chi connectivity index (χ1) is 8.68. The molecule has 1 heterocycles. The van der Waals surface area contributed by atoms with E-state index in [0.717, 1.165) is 18.7 Å². The molecule has 1 aromatic rings. The quantitative estimate of drug-likeness (QED) is 0.718. The zero-order valence-corrected chi connectivity index (χ0v) is 10.6. The van der Waals surface area contributed by atoms with Gasteiger partial charge in [0, 0.05) is 12.5 Å². The van der Waals surface area contributed by atoms with Crippen molar-refractivity contribution >= 4 is 5.91 Å². The molecule has 1 amide bonds. The molecule has 1 aliphatic rings. The number of amides is 1. The van der Waals surface area contributed by atoms with E-state index >= 15 is 0 Å². The maximum Gasteiger partial charge on any atom is 0.223 e. The number of carbonyl (C=O) groups excluding carboxylic acids is 1. The fraction of sp³-hybridized carbons (Fsp3) is 0.500. The molecule has 1 fully saturated rings. The third kappa shape index (κ3) is 3.09. The highest BCUT2D eigenvalue weighted by molar-refractivity contribution is 5.78. The zero-order chi connectivity index (χ0) is 13.0. The number of rotatable bonds is 5. The highest BCUT2D eigenvalue weighted by Gasteiger charge is 2.28. The van der Waals surface area contributed by atoms with E-state index < -0.39 is 6.10 Å². The summed E-state index contributed by atoms with van der Waals surface area (Å²) in [7, 11) is 0. The third-order valence-electron chi connectivity index (χ3n) is 3.59. The molecule has 0 aromatic heterocycles. The maximum absolute atomic E-state index is 11.9. The van der Waals surface area contributed by atoms with E-state index in [4.69, 9.17) is 0 Å². The molecule has 0 spiro atoms. The highest BCUT2D eigenvalue weighted by atomic mass is 16.3. The SMILES string of the molecule is CC(C(=O)NCC(O)c1ccccc1)C1CNC1. The van der Waals surface area contributed by atoms with Gasteiger partial charge in [0.15, 0.2) is 0 Å². The van der Waals surface area contributed by atoms with Crippen LogP contribution in [0.15, 0.2) is 30.3 Å². The van der Waals surface area contributed by atoms with Gasteiger partial charge in [0.05, 0.1) is 6.10 Å². The van der Waals surface area contributed by atoms with E-state index in [1.54, 1.807) is 0 Å². The Bertz CT molecular complexity index is 390. The summed E-state index contributed by atoms with van der Waals surface area (Å²) < 4.78 is 0. The molecule has 4 heteroatoms. The first-order valence-electron chi connectivity index (χ1n) is 6.40. The lowest BCUT2D eigenvalue weighted by Crippen LogP contribution is -2.50.